The number of rotatable bonds is 5. The SMILES string of the molecule is CCCCc1cc2ccc(Cl)cc2n1S(=O)(=O)c1ccc(C)cc1. The molecule has 0 aliphatic carbocycles. The van der Waals surface area contributed by atoms with Crippen molar-refractivity contribution in [3.05, 3.63) is 64.8 Å². The average Bonchev–Trinajstić information content (AvgIpc) is 2.91. The predicted molar refractivity (Wildman–Crippen MR) is 99.3 cm³/mol. The molecule has 0 aliphatic rings. The van der Waals surface area contributed by atoms with Gasteiger partial charge in [0.25, 0.3) is 10.0 Å². The second-order valence-electron chi connectivity index (χ2n) is 6.02. The molecule has 1 heterocycles. The zero-order valence-corrected chi connectivity index (χ0v) is 15.4. The van der Waals surface area contributed by atoms with Gasteiger partial charge in [-0.05, 0) is 50.1 Å². The molecule has 0 unspecified atom stereocenters. The normalized spacial score (nSPS) is 12.0. The summed E-state index contributed by atoms with van der Waals surface area (Å²) in [7, 11) is -3.66. The maximum Gasteiger partial charge on any atom is 0.268 e. The van der Waals surface area contributed by atoms with E-state index in [2.05, 4.69) is 6.92 Å². The van der Waals surface area contributed by atoms with Gasteiger partial charge in [0.15, 0.2) is 0 Å². The van der Waals surface area contributed by atoms with E-state index >= 15 is 0 Å². The monoisotopic (exact) mass is 361 g/mol. The minimum absolute atomic E-state index is 0.295. The first kappa shape index (κ1) is 17.1. The van der Waals surface area contributed by atoms with Crippen LogP contribution >= 0.6 is 11.6 Å². The van der Waals surface area contributed by atoms with Crippen LogP contribution in [0.3, 0.4) is 0 Å². The molecule has 0 saturated heterocycles. The van der Waals surface area contributed by atoms with Crippen LogP contribution in [0.15, 0.2) is 53.4 Å². The zero-order chi connectivity index (χ0) is 17.3. The van der Waals surface area contributed by atoms with E-state index in [1.54, 1.807) is 24.3 Å². The van der Waals surface area contributed by atoms with Gasteiger partial charge in [0.1, 0.15) is 0 Å². The lowest BCUT2D eigenvalue weighted by Crippen LogP contribution is -2.15. The fourth-order valence-corrected chi connectivity index (χ4v) is 4.57. The fraction of sp³-hybridized carbons (Fsp3) is 0.263. The van der Waals surface area contributed by atoms with E-state index in [9.17, 15) is 8.42 Å². The van der Waals surface area contributed by atoms with E-state index in [0.717, 1.165) is 29.5 Å². The molecule has 0 N–H and O–H groups in total. The molecule has 0 fully saturated rings. The quantitative estimate of drug-likeness (QED) is 0.627. The van der Waals surface area contributed by atoms with Gasteiger partial charge >= 0.3 is 0 Å². The van der Waals surface area contributed by atoms with E-state index in [0.29, 0.717) is 21.9 Å². The van der Waals surface area contributed by atoms with Crippen LogP contribution in [-0.4, -0.2) is 12.4 Å². The second kappa shape index (κ2) is 6.61. The molecule has 0 saturated carbocycles. The highest BCUT2D eigenvalue weighted by molar-refractivity contribution is 7.90. The van der Waals surface area contributed by atoms with Crippen LogP contribution in [0.5, 0.6) is 0 Å². The summed E-state index contributed by atoms with van der Waals surface area (Å²) >= 11 is 6.11. The number of hydrogen-bond acceptors (Lipinski definition) is 2. The highest BCUT2D eigenvalue weighted by atomic mass is 35.5. The standard InChI is InChI=1S/C19H20ClNO2S/c1-3-4-5-17-12-15-8-9-16(20)13-19(15)21(17)24(22,23)18-10-6-14(2)7-11-18/h6-13H,3-5H2,1-2H3. The maximum absolute atomic E-state index is 13.2. The first-order valence-corrected chi connectivity index (χ1v) is 9.87. The smallest absolute Gasteiger partial charge is 0.238 e. The van der Waals surface area contributed by atoms with Gasteiger partial charge in [0.2, 0.25) is 0 Å². The van der Waals surface area contributed by atoms with Gasteiger partial charge in [0, 0.05) is 16.1 Å². The number of fused-ring (bicyclic) bond motifs is 1. The van der Waals surface area contributed by atoms with Gasteiger partial charge in [-0.15, -0.1) is 0 Å². The van der Waals surface area contributed by atoms with Crippen LogP contribution in [0.25, 0.3) is 10.9 Å². The molecule has 1 aromatic heterocycles. The lowest BCUT2D eigenvalue weighted by Gasteiger charge is -2.12. The van der Waals surface area contributed by atoms with Crippen molar-refractivity contribution >= 4 is 32.5 Å². The number of unbranched alkanes of at least 4 members (excludes halogenated alkanes) is 1. The van der Waals surface area contributed by atoms with Crippen LogP contribution in [0.1, 0.15) is 31.0 Å². The predicted octanol–water partition coefficient (Wildman–Crippen LogP) is 5.18. The van der Waals surface area contributed by atoms with Crippen molar-refractivity contribution in [2.75, 3.05) is 0 Å². The van der Waals surface area contributed by atoms with E-state index < -0.39 is 10.0 Å². The molecular weight excluding hydrogens is 342 g/mol. The number of halogens is 1. The first-order valence-electron chi connectivity index (χ1n) is 8.05. The van der Waals surface area contributed by atoms with Gasteiger partial charge in [-0.25, -0.2) is 12.4 Å². The summed E-state index contributed by atoms with van der Waals surface area (Å²) in [6.07, 6.45) is 2.66. The van der Waals surface area contributed by atoms with E-state index in [1.165, 1.54) is 3.97 Å². The summed E-state index contributed by atoms with van der Waals surface area (Å²) in [5, 5.41) is 1.42. The summed E-state index contributed by atoms with van der Waals surface area (Å²) in [6.45, 7) is 4.03. The molecule has 2 aromatic carbocycles. The molecule has 5 heteroatoms. The maximum atomic E-state index is 13.2. The number of hydrogen-bond donors (Lipinski definition) is 0. The third-order valence-electron chi connectivity index (χ3n) is 4.14. The Kier molecular flexibility index (Phi) is 4.70. The Balaban J connectivity index is 2.25. The van der Waals surface area contributed by atoms with Crippen molar-refractivity contribution in [3.63, 3.8) is 0 Å². The molecule has 24 heavy (non-hydrogen) atoms. The van der Waals surface area contributed by atoms with Crippen LogP contribution in [0.2, 0.25) is 5.02 Å². The van der Waals surface area contributed by atoms with Crippen LogP contribution in [0.4, 0.5) is 0 Å². The Bertz CT molecular complexity index is 973. The molecule has 126 valence electrons. The van der Waals surface area contributed by atoms with E-state index in [1.807, 2.05) is 31.2 Å². The van der Waals surface area contributed by atoms with Crippen molar-refractivity contribution in [2.24, 2.45) is 0 Å². The molecule has 3 aromatic rings. The van der Waals surface area contributed by atoms with Crippen molar-refractivity contribution in [1.82, 2.24) is 3.97 Å². The summed E-state index contributed by atoms with van der Waals surface area (Å²) < 4.78 is 27.9. The lowest BCUT2D eigenvalue weighted by molar-refractivity contribution is 0.586. The van der Waals surface area contributed by atoms with E-state index in [4.69, 9.17) is 11.6 Å². The van der Waals surface area contributed by atoms with E-state index in [-0.39, 0.29) is 0 Å². The third kappa shape index (κ3) is 3.08. The Hall–Kier alpha value is -1.78. The summed E-state index contributed by atoms with van der Waals surface area (Å²) in [6, 6.07) is 14.3. The average molecular weight is 362 g/mol. The summed E-state index contributed by atoms with van der Waals surface area (Å²) in [5.74, 6) is 0. The Morgan fingerprint density at radius 1 is 1.04 bits per heavy atom. The number of nitrogens with zero attached hydrogens (tertiary/aromatic N) is 1. The second-order valence-corrected chi connectivity index (χ2v) is 8.25. The molecule has 0 bridgehead atoms. The van der Waals surface area contributed by atoms with Gasteiger partial charge in [-0.1, -0.05) is 48.7 Å². The van der Waals surface area contributed by atoms with Crippen LogP contribution in [0, 0.1) is 6.92 Å². The van der Waals surface area contributed by atoms with Crippen LogP contribution < -0.4 is 0 Å². The lowest BCUT2D eigenvalue weighted by atomic mass is 10.2. The molecule has 0 aliphatic heterocycles. The molecule has 0 amide bonds. The van der Waals surface area contributed by atoms with Crippen molar-refractivity contribution < 1.29 is 8.42 Å². The molecule has 3 rings (SSSR count). The molecule has 3 nitrogen and oxygen atoms in total. The van der Waals surface area contributed by atoms with Gasteiger partial charge in [-0.3, -0.25) is 0 Å². The van der Waals surface area contributed by atoms with Crippen LogP contribution in [-0.2, 0) is 16.4 Å². The first-order chi connectivity index (χ1) is 11.4. The topological polar surface area (TPSA) is 39.1 Å². The van der Waals surface area contributed by atoms with Crippen molar-refractivity contribution in [1.29, 1.82) is 0 Å². The minimum Gasteiger partial charge on any atom is -0.238 e. The number of aromatic nitrogens is 1. The Morgan fingerprint density at radius 3 is 2.42 bits per heavy atom. The highest BCUT2D eigenvalue weighted by Crippen LogP contribution is 2.29. The highest BCUT2D eigenvalue weighted by Gasteiger charge is 2.22. The van der Waals surface area contributed by atoms with Gasteiger partial charge in [-0.2, -0.15) is 0 Å². The molecule has 0 atom stereocenters. The molecule has 0 radical (unpaired) electrons. The van der Waals surface area contributed by atoms with Gasteiger partial charge in [0.05, 0.1) is 10.4 Å². The van der Waals surface area contributed by atoms with Crippen molar-refractivity contribution in [3.8, 4) is 0 Å². The zero-order valence-electron chi connectivity index (χ0n) is 13.8. The minimum atomic E-state index is -3.66. The molecule has 0 spiro atoms. The Morgan fingerprint density at radius 2 is 1.75 bits per heavy atom. The third-order valence-corrected chi connectivity index (χ3v) is 6.15. The van der Waals surface area contributed by atoms with Gasteiger partial charge < -0.3 is 0 Å². The van der Waals surface area contributed by atoms with Crippen molar-refractivity contribution in [2.45, 2.75) is 38.0 Å². The largest absolute Gasteiger partial charge is 0.268 e. The summed E-state index contributed by atoms with van der Waals surface area (Å²) in [5.41, 5.74) is 2.46. The fourth-order valence-electron chi connectivity index (χ4n) is 2.84. The number of benzene rings is 2. The summed E-state index contributed by atoms with van der Waals surface area (Å²) in [4.78, 5) is 0.295. The number of aryl methyl sites for hydroxylation is 2. The Labute approximate surface area is 147 Å². The molecular formula is C19H20ClNO2S.